The lowest BCUT2D eigenvalue weighted by atomic mass is 9.97. The highest BCUT2D eigenvalue weighted by atomic mass is 127. The number of furan rings is 1. The molecule has 160 valence electrons. The van der Waals surface area contributed by atoms with Gasteiger partial charge in [0.1, 0.15) is 11.9 Å². The fraction of sp³-hybridized carbons (Fsp3) is 0.500. The van der Waals surface area contributed by atoms with E-state index in [2.05, 4.69) is 57.8 Å². The number of aliphatic hydroxyl groups is 1. The van der Waals surface area contributed by atoms with Gasteiger partial charge in [-0.3, -0.25) is 9.89 Å². The number of benzene rings is 1. The van der Waals surface area contributed by atoms with Crippen LogP contribution in [0.25, 0.3) is 0 Å². The zero-order valence-corrected chi connectivity index (χ0v) is 19.6. The molecule has 1 aliphatic rings. The lowest BCUT2D eigenvalue weighted by Gasteiger charge is -2.38. The second kappa shape index (κ2) is 12.2. The average molecular weight is 512 g/mol. The normalized spacial score (nSPS) is 21.3. The molecule has 1 fully saturated rings. The van der Waals surface area contributed by atoms with Crippen LogP contribution in [0.3, 0.4) is 0 Å². The number of nitrogens with one attached hydrogen (secondary N) is 2. The third-order valence-electron chi connectivity index (χ3n) is 5.22. The second-order valence-electron chi connectivity index (χ2n) is 7.42. The highest BCUT2D eigenvalue weighted by Gasteiger charge is 2.26. The molecular weight excluding hydrogens is 479 g/mol. The maximum atomic E-state index is 10.2. The Labute approximate surface area is 190 Å². The van der Waals surface area contributed by atoms with Crippen LogP contribution in [0, 0.1) is 0 Å². The van der Waals surface area contributed by atoms with Gasteiger partial charge in [-0.05, 0) is 44.4 Å². The van der Waals surface area contributed by atoms with Gasteiger partial charge in [-0.1, -0.05) is 30.3 Å². The zero-order chi connectivity index (χ0) is 19.8. The van der Waals surface area contributed by atoms with Crippen molar-refractivity contribution in [2.24, 2.45) is 4.99 Å². The molecule has 1 aliphatic heterocycles. The van der Waals surface area contributed by atoms with E-state index in [1.54, 1.807) is 18.4 Å². The molecule has 0 aliphatic carbocycles. The van der Waals surface area contributed by atoms with E-state index in [0.717, 1.165) is 38.4 Å². The minimum Gasteiger partial charge on any atom is -0.467 e. The molecule has 3 N–H and O–H groups in total. The first-order valence-corrected chi connectivity index (χ1v) is 10.2. The summed E-state index contributed by atoms with van der Waals surface area (Å²) in [5, 5.41) is 17.0. The molecule has 29 heavy (non-hydrogen) atoms. The second-order valence-corrected chi connectivity index (χ2v) is 7.42. The molecule has 1 aromatic carbocycles. The van der Waals surface area contributed by atoms with Crippen molar-refractivity contribution in [1.82, 2.24) is 15.5 Å². The van der Waals surface area contributed by atoms with Crippen LogP contribution in [0.1, 0.15) is 44.1 Å². The van der Waals surface area contributed by atoms with E-state index < -0.39 is 6.10 Å². The van der Waals surface area contributed by atoms with Gasteiger partial charge in [0, 0.05) is 31.7 Å². The molecule has 2 aromatic rings. The largest absolute Gasteiger partial charge is 0.467 e. The number of guanidine groups is 1. The van der Waals surface area contributed by atoms with E-state index in [1.807, 2.05) is 6.92 Å². The molecule has 3 atom stereocenters. The first kappa shape index (κ1) is 23.7. The first-order valence-electron chi connectivity index (χ1n) is 10.2. The van der Waals surface area contributed by atoms with Crippen molar-refractivity contribution < 1.29 is 9.52 Å². The van der Waals surface area contributed by atoms with E-state index in [4.69, 9.17) is 4.42 Å². The number of hydrogen-bond acceptors (Lipinski definition) is 4. The van der Waals surface area contributed by atoms with Crippen LogP contribution in [0.4, 0.5) is 0 Å². The van der Waals surface area contributed by atoms with Crippen LogP contribution >= 0.6 is 24.0 Å². The molecule has 1 saturated heterocycles. The van der Waals surface area contributed by atoms with Crippen LogP contribution in [0.5, 0.6) is 0 Å². The van der Waals surface area contributed by atoms with Gasteiger partial charge in [-0.15, -0.1) is 24.0 Å². The monoisotopic (exact) mass is 512 g/mol. The fourth-order valence-corrected chi connectivity index (χ4v) is 3.67. The Morgan fingerprint density at radius 3 is 2.72 bits per heavy atom. The molecule has 7 heteroatoms. The minimum atomic E-state index is -0.725. The minimum absolute atomic E-state index is 0. The van der Waals surface area contributed by atoms with Crippen molar-refractivity contribution >= 4 is 29.9 Å². The molecule has 0 saturated carbocycles. The summed E-state index contributed by atoms with van der Waals surface area (Å²) in [6, 6.07) is 15.1. The smallest absolute Gasteiger partial charge is 0.191 e. The zero-order valence-electron chi connectivity index (χ0n) is 17.3. The quantitative estimate of drug-likeness (QED) is 0.301. The van der Waals surface area contributed by atoms with E-state index in [1.165, 1.54) is 5.56 Å². The summed E-state index contributed by atoms with van der Waals surface area (Å²) < 4.78 is 5.25. The summed E-state index contributed by atoms with van der Waals surface area (Å²) in [7, 11) is 0. The number of rotatable bonds is 7. The summed E-state index contributed by atoms with van der Waals surface area (Å²) in [6.45, 7) is 7.45. The van der Waals surface area contributed by atoms with Crippen molar-refractivity contribution in [2.75, 3.05) is 19.6 Å². The Hall–Kier alpha value is -1.58. The maximum absolute atomic E-state index is 10.2. The maximum Gasteiger partial charge on any atom is 0.191 e. The molecule has 0 amide bonds. The summed E-state index contributed by atoms with van der Waals surface area (Å²) in [5.74, 6) is 1.30. The van der Waals surface area contributed by atoms with Crippen molar-refractivity contribution in [3.63, 3.8) is 0 Å². The number of likely N-dealkylation sites (tertiary alicyclic amines) is 1. The number of piperidine rings is 1. The standard InChI is InChI=1S/C22H32N4O2.HI/c1-3-23-22(24-15-20(27)21-10-7-13-28-21)25-19-11-12-26(17(2)14-19)16-18-8-5-4-6-9-18;/h4-10,13,17,19-20,27H,3,11-12,14-16H2,1-2H3,(H2,23,24,25);1H. The summed E-state index contributed by atoms with van der Waals surface area (Å²) in [4.78, 5) is 7.09. The summed E-state index contributed by atoms with van der Waals surface area (Å²) >= 11 is 0. The fourth-order valence-electron chi connectivity index (χ4n) is 3.67. The molecule has 3 rings (SSSR count). The molecule has 0 spiro atoms. The Morgan fingerprint density at radius 2 is 2.07 bits per heavy atom. The van der Waals surface area contributed by atoms with Crippen LogP contribution in [0.2, 0.25) is 0 Å². The van der Waals surface area contributed by atoms with E-state index in [-0.39, 0.29) is 30.5 Å². The highest BCUT2D eigenvalue weighted by molar-refractivity contribution is 14.0. The summed E-state index contributed by atoms with van der Waals surface area (Å²) in [5.41, 5.74) is 1.36. The highest BCUT2D eigenvalue weighted by Crippen LogP contribution is 2.20. The van der Waals surface area contributed by atoms with Crippen molar-refractivity contribution in [2.45, 2.75) is 51.4 Å². The Balaban J connectivity index is 0.00000300. The number of aliphatic imine (C=N–C) groups is 1. The summed E-state index contributed by atoms with van der Waals surface area (Å²) in [6.07, 6.45) is 2.98. The van der Waals surface area contributed by atoms with Crippen molar-refractivity contribution in [3.05, 3.63) is 60.1 Å². The predicted octanol–water partition coefficient (Wildman–Crippen LogP) is 3.54. The lowest BCUT2D eigenvalue weighted by Crippen LogP contribution is -2.51. The van der Waals surface area contributed by atoms with Gasteiger partial charge in [0.05, 0.1) is 12.8 Å². The Kier molecular flexibility index (Phi) is 9.96. The molecule has 0 radical (unpaired) electrons. The average Bonchev–Trinajstić information content (AvgIpc) is 3.24. The van der Waals surface area contributed by atoms with Crippen LogP contribution in [-0.2, 0) is 6.54 Å². The SMILES string of the molecule is CCNC(=NCC(O)c1ccco1)NC1CCN(Cc2ccccc2)C(C)C1.I. The Morgan fingerprint density at radius 1 is 1.28 bits per heavy atom. The van der Waals surface area contributed by atoms with E-state index in [9.17, 15) is 5.11 Å². The van der Waals surface area contributed by atoms with Gasteiger partial charge in [0.25, 0.3) is 0 Å². The predicted molar refractivity (Wildman–Crippen MR) is 128 cm³/mol. The number of nitrogens with zero attached hydrogens (tertiary/aromatic N) is 2. The molecule has 3 unspecified atom stereocenters. The third kappa shape index (κ3) is 7.31. The third-order valence-corrected chi connectivity index (χ3v) is 5.22. The van der Waals surface area contributed by atoms with Gasteiger partial charge in [-0.25, -0.2) is 0 Å². The number of halogens is 1. The van der Waals surface area contributed by atoms with Gasteiger partial charge >= 0.3 is 0 Å². The van der Waals surface area contributed by atoms with Crippen LogP contribution in [-0.4, -0.2) is 47.7 Å². The van der Waals surface area contributed by atoms with Gasteiger partial charge in [-0.2, -0.15) is 0 Å². The molecule has 2 heterocycles. The first-order chi connectivity index (χ1) is 13.7. The van der Waals surface area contributed by atoms with Crippen molar-refractivity contribution in [1.29, 1.82) is 0 Å². The Bertz CT molecular complexity index is 724. The van der Waals surface area contributed by atoms with Gasteiger partial charge in [0.2, 0.25) is 0 Å². The lowest BCUT2D eigenvalue weighted by molar-refractivity contribution is 0.134. The molecule has 0 bridgehead atoms. The molecular formula is C22H33IN4O2. The molecule has 1 aromatic heterocycles. The van der Waals surface area contributed by atoms with Crippen LogP contribution < -0.4 is 10.6 Å². The van der Waals surface area contributed by atoms with Crippen molar-refractivity contribution in [3.8, 4) is 0 Å². The van der Waals surface area contributed by atoms with Gasteiger partial charge in [0.15, 0.2) is 5.96 Å². The van der Waals surface area contributed by atoms with E-state index >= 15 is 0 Å². The van der Waals surface area contributed by atoms with Gasteiger partial charge < -0.3 is 20.2 Å². The topological polar surface area (TPSA) is 73.0 Å². The number of aliphatic hydroxyl groups excluding tert-OH is 1. The van der Waals surface area contributed by atoms with Crippen LogP contribution in [0.15, 0.2) is 58.1 Å². The molecule has 6 nitrogen and oxygen atoms in total. The van der Waals surface area contributed by atoms with E-state index in [0.29, 0.717) is 17.8 Å². The number of hydrogen-bond donors (Lipinski definition) is 3.